The molecule has 0 spiro atoms. The fraction of sp³-hybridized carbons (Fsp3) is 0.612. The highest BCUT2D eigenvalue weighted by Gasteiger charge is 2.53. The number of unbranched alkanes of at least 4 members (excludes halogenated alkanes) is 1. The molecule has 2 saturated heterocycles. The minimum atomic E-state index is -0.972. The van der Waals surface area contributed by atoms with Crippen LogP contribution in [0.25, 0.3) is 12.2 Å². The Bertz CT molecular complexity index is 2060. The predicted octanol–water partition coefficient (Wildman–Crippen LogP) is 7.47. The van der Waals surface area contributed by atoms with Crippen LogP contribution in [0.15, 0.2) is 57.8 Å². The van der Waals surface area contributed by atoms with Gasteiger partial charge in [-0.2, -0.15) is 0 Å². The zero-order valence-electron chi connectivity index (χ0n) is 37.2. The van der Waals surface area contributed by atoms with Crippen LogP contribution in [0.1, 0.15) is 129 Å². The number of carbonyl (C=O) groups is 3. The van der Waals surface area contributed by atoms with Gasteiger partial charge in [0, 0.05) is 63.9 Å². The SMILES string of the molecule is CC[C@@H]1C(C)=C2/C=c3\[nH]/c(c(C)c3C(C)=O)=C\C3NC(C4=C5N[C@H](/C=C\1N2)C(C)C5=C(O)[C@@H]4C(=O)OC)[C@@H](CCC(=O)OC/C=C/CCC[C@H](C)CCCC(C)C)[C@@H]3C. The molecular weight excluding hydrogens is 741 g/mol. The third kappa shape index (κ3) is 9.23. The summed E-state index contributed by atoms with van der Waals surface area (Å²) in [4.78, 5) is 43.7. The summed E-state index contributed by atoms with van der Waals surface area (Å²) < 4.78 is 11.1. The van der Waals surface area contributed by atoms with Crippen LogP contribution in [-0.4, -0.2) is 59.7 Å². The number of allylic oxidation sites excluding steroid dienone is 4. The zero-order chi connectivity index (χ0) is 42.7. The number of methoxy groups -OCH3 is 1. The lowest BCUT2D eigenvalue weighted by Gasteiger charge is -2.28. The summed E-state index contributed by atoms with van der Waals surface area (Å²) in [6, 6.07) is -0.713. The monoisotopic (exact) mass is 811 g/mol. The molecule has 9 atom stereocenters. The smallest absolute Gasteiger partial charge is 0.320 e. The average molecular weight is 811 g/mol. The van der Waals surface area contributed by atoms with Crippen molar-refractivity contribution in [2.75, 3.05) is 13.7 Å². The third-order valence-electron chi connectivity index (χ3n) is 13.9. The quantitative estimate of drug-likeness (QED) is 0.0498. The molecule has 5 N–H and O–H groups in total. The van der Waals surface area contributed by atoms with Crippen LogP contribution in [0.3, 0.4) is 0 Å². The number of Topliss-reactive ketones (excluding diaryl/α,β-unsaturated/α-hetero) is 1. The molecule has 1 aromatic heterocycles. The van der Waals surface area contributed by atoms with E-state index < -0.39 is 11.9 Å². The van der Waals surface area contributed by atoms with Gasteiger partial charge in [-0.1, -0.05) is 79.4 Å². The normalized spacial score (nSPS) is 29.8. The number of rotatable bonds is 16. The Morgan fingerprint density at radius 3 is 2.42 bits per heavy atom. The largest absolute Gasteiger partial charge is 0.511 e. The highest BCUT2D eigenvalue weighted by atomic mass is 16.5. The Balaban J connectivity index is 1.29. The molecule has 322 valence electrons. The van der Waals surface area contributed by atoms with Crippen LogP contribution < -0.4 is 26.6 Å². The van der Waals surface area contributed by atoms with Gasteiger partial charge in [-0.05, 0) is 105 Å². The first-order chi connectivity index (χ1) is 28.2. The second-order valence-electron chi connectivity index (χ2n) is 18.4. The lowest BCUT2D eigenvalue weighted by atomic mass is 9.79. The fourth-order valence-corrected chi connectivity index (χ4v) is 10.5. The van der Waals surface area contributed by atoms with Crippen LogP contribution >= 0.6 is 0 Å². The Kier molecular flexibility index (Phi) is 14.2. The first kappa shape index (κ1) is 44.2. The summed E-state index contributed by atoms with van der Waals surface area (Å²) in [5.74, 6) is -0.306. The number of aliphatic hydroxyl groups is 1. The zero-order valence-corrected chi connectivity index (χ0v) is 37.2. The second kappa shape index (κ2) is 18.9. The van der Waals surface area contributed by atoms with Gasteiger partial charge in [0.05, 0.1) is 18.5 Å². The van der Waals surface area contributed by atoms with Gasteiger partial charge in [-0.15, -0.1) is 0 Å². The Hall–Kier alpha value is -4.31. The van der Waals surface area contributed by atoms with E-state index in [-0.39, 0.29) is 72.3 Å². The molecule has 10 nitrogen and oxygen atoms in total. The van der Waals surface area contributed by atoms with E-state index in [2.05, 4.69) is 93.7 Å². The van der Waals surface area contributed by atoms with Crippen molar-refractivity contribution >= 4 is 29.9 Å². The van der Waals surface area contributed by atoms with Crippen molar-refractivity contribution in [3.8, 4) is 0 Å². The number of hydrogen-bond acceptors (Lipinski definition) is 9. The number of esters is 2. The number of aliphatic hydroxyl groups excluding tert-OH is 1. The Morgan fingerprint density at radius 1 is 0.983 bits per heavy atom. The number of aromatic nitrogens is 1. The Labute approximate surface area is 351 Å². The van der Waals surface area contributed by atoms with E-state index in [0.29, 0.717) is 12.0 Å². The van der Waals surface area contributed by atoms with Gasteiger partial charge < -0.3 is 35.5 Å². The summed E-state index contributed by atoms with van der Waals surface area (Å²) in [6.07, 6.45) is 19.3. The molecule has 6 rings (SSSR count). The van der Waals surface area contributed by atoms with E-state index in [1.54, 1.807) is 6.92 Å². The molecular formula is C49H70N4O6. The minimum absolute atomic E-state index is 0.00864. The summed E-state index contributed by atoms with van der Waals surface area (Å²) in [6.45, 7) is 19.3. The van der Waals surface area contributed by atoms with Crippen molar-refractivity contribution in [2.45, 2.75) is 138 Å². The van der Waals surface area contributed by atoms with Gasteiger partial charge in [0.1, 0.15) is 18.3 Å². The van der Waals surface area contributed by atoms with Gasteiger partial charge in [0.2, 0.25) is 0 Å². The molecule has 59 heavy (non-hydrogen) atoms. The van der Waals surface area contributed by atoms with Crippen LogP contribution in [0, 0.1) is 48.3 Å². The molecule has 2 fully saturated rings. The number of ether oxygens (including phenoxy) is 2. The topological polar surface area (TPSA) is 142 Å². The standard InChI is InChI=1S/C49H70N4O6/c1-11-33-28(5)35-25-40-42(32(9)54)30(7)37(51-40)23-36-29(6)34(20-21-41(55)59-22-15-13-12-14-18-27(4)19-16-17-26(2)3)46(52-36)44-45(49(57)58-10)48(56)43-31(8)38(53-47(43)44)24-39(33)50-35/h13,15,23-27,29,31,33-34,36,38,45-46,50-53,56H,11-12,14,16-22H2,1-10H3/b15-13+,37-23-,39-24+,40-25-/t27-,29-,31?,33+,34-,36?,38+,45+,46?/m0/s1. The van der Waals surface area contributed by atoms with E-state index in [1.807, 2.05) is 13.0 Å². The summed E-state index contributed by atoms with van der Waals surface area (Å²) in [5.41, 5.74) is 7.06. The van der Waals surface area contributed by atoms with E-state index in [1.165, 1.54) is 38.4 Å². The molecule has 1 aliphatic carbocycles. The number of carbonyl (C=O) groups excluding carboxylic acids is 3. The first-order valence-electron chi connectivity index (χ1n) is 22.4. The Morgan fingerprint density at radius 2 is 1.73 bits per heavy atom. The van der Waals surface area contributed by atoms with Gasteiger partial charge >= 0.3 is 11.9 Å². The number of ketones is 1. The molecule has 8 bridgehead atoms. The molecule has 5 heterocycles. The molecule has 3 unspecified atom stereocenters. The number of hydrogen-bond donors (Lipinski definition) is 5. The third-order valence-corrected chi connectivity index (χ3v) is 13.9. The van der Waals surface area contributed by atoms with Crippen molar-refractivity contribution in [1.82, 2.24) is 20.9 Å². The van der Waals surface area contributed by atoms with Crippen LogP contribution in [0.5, 0.6) is 0 Å². The maximum Gasteiger partial charge on any atom is 0.320 e. The van der Waals surface area contributed by atoms with Gasteiger partial charge in [-0.3, -0.25) is 14.4 Å². The van der Waals surface area contributed by atoms with Gasteiger partial charge in [0.25, 0.3) is 0 Å². The fourth-order valence-electron chi connectivity index (χ4n) is 10.5. The molecule has 10 heteroatoms. The lowest BCUT2D eigenvalue weighted by molar-refractivity contribution is -0.144. The summed E-state index contributed by atoms with van der Waals surface area (Å²) >= 11 is 0. The summed E-state index contributed by atoms with van der Waals surface area (Å²) in [5, 5.41) is 24.9. The molecule has 5 aliphatic rings. The van der Waals surface area contributed by atoms with E-state index >= 15 is 0 Å². The number of H-pyrrole nitrogens is 1. The van der Waals surface area contributed by atoms with Crippen molar-refractivity contribution in [3.05, 3.63) is 79.6 Å². The maximum absolute atomic E-state index is 13.6. The maximum atomic E-state index is 13.6. The molecule has 1 aromatic rings. The average Bonchev–Trinajstić information content (AvgIpc) is 3.93. The number of aromatic amines is 1. The van der Waals surface area contributed by atoms with Crippen molar-refractivity contribution < 1.29 is 29.0 Å². The molecule has 0 aromatic carbocycles. The number of nitrogens with one attached hydrogen (secondary N) is 4. The van der Waals surface area contributed by atoms with Crippen LogP contribution in [0.2, 0.25) is 0 Å². The van der Waals surface area contributed by atoms with Gasteiger partial charge in [0.15, 0.2) is 5.78 Å². The van der Waals surface area contributed by atoms with Crippen LogP contribution in [0.4, 0.5) is 0 Å². The van der Waals surface area contributed by atoms with Gasteiger partial charge in [-0.25, -0.2) is 0 Å². The predicted molar refractivity (Wildman–Crippen MR) is 234 cm³/mol. The van der Waals surface area contributed by atoms with E-state index in [0.717, 1.165) is 75.6 Å². The second-order valence-corrected chi connectivity index (χ2v) is 18.4. The van der Waals surface area contributed by atoms with Crippen molar-refractivity contribution in [1.29, 1.82) is 0 Å². The highest BCUT2D eigenvalue weighted by molar-refractivity contribution is 5.96. The van der Waals surface area contributed by atoms with Crippen molar-refractivity contribution in [2.24, 2.45) is 41.4 Å². The number of fused-ring (bicyclic) bond motifs is 8. The lowest BCUT2D eigenvalue weighted by Crippen LogP contribution is -2.39. The summed E-state index contributed by atoms with van der Waals surface area (Å²) in [7, 11) is 1.36. The minimum Gasteiger partial charge on any atom is -0.511 e. The molecule has 0 saturated carbocycles. The van der Waals surface area contributed by atoms with Crippen LogP contribution in [-0.2, 0) is 19.1 Å². The van der Waals surface area contributed by atoms with Crippen molar-refractivity contribution in [3.63, 3.8) is 0 Å². The molecule has 0 amide bonds. The molecule has 4 aliphatic heterocycles. The van der Waals surface area contributed by atoms with E-state index in [9.17, 15) is 19.5 Å². The first-order valence-corrected chi connectivity index (χ1v) is 22.4. The van der Waals surface area contributed by atoms with E-state index in [4.69, 9.17) is 9.47 Å². The highest BCUT2D eigenvalue weighted by Crippen LogP contribution is 2.50. The molecule has 0 radical (unpaired) electrons.